The number of aryl methyl sites for hydroxylation is 3. The minimum Gasteiger partial charge on any atom is -0.481 e. The maximum atomic E-state index is 10.5. The van der Waals surface area contributed by atoms with E-state index in [0.717, 1.165) is 16.8 Å². The Kier molecular flexibility index (Phi) is 3.46. The summed E-state index contributed by atoms with van der Waals surface area (Å²) in [5, 5.41) is 12.9. The van der Waals surface area contributed by atoms with Crippen LogP contribution in [-0.2, 0) is 11.2 Å². The topological polar surface area (TPSA) is 55.1 Å². The van der Waals surface area contributed by atoms with E-state index in [1.165, 1.54) is 5.56 Å². The molecule has 0 spiro atoms. The molecule has 1 heterocycles. The maximum Gasteiger partial charge on any atom is 0.303 e. The highest BCUT2D eigenvalue weighted by molar-refractivity contribution is 5.67. The zero-order valence-electron chi connectivity index (χ0n) is 10.6. The van der Waals surface area contributed by atoms with E-state index in [2.05, 4.69) is 18.1 Å². The van der Waals surface area contributed by atoms with Crippen LogP contribution in [0, 0.1) is 13.8 Å². The van der Waals surface area contributed by atoms with Gasteiger partial charge in [0.1, 0.15) is 0 Å². The van der Waals surface area contributed by atoms with E-state index in [4.69, 9.17) is 5.11 Å². The Hall–Kier alpha value is -2.10. The molecule has 1 aromatic heterocycles. The fourth-order valence-corrected chi connectivity index (χ4v) is 1.93. The number of hydrogen-bond donors (Lipinski definition) is 1. The lowest BCUT2D eigenvalue weighted by Gasteiger charge is -2.06. The second-order valence-corrected chi connectivity index (χ2v) is 4.48. The Bertz CT molecular complexity index is 573. The van der Waals surface area contributed by atoms with Crippen LogP contribution in [0.15, 0.2) is 30.6 Å². The van der Waals surface area contributed by atoms with E-state index in [0.29, 0.717) is 6.42 Å². The summed E-state index contributed by atoms with van der Waals surface area (Å²) in [5.41, 5.74) is 4.34. The highest BCUT2D eigenvalue weighted by Gasteiger charge is 2.05. The fraction of sp³-hybridized carbons (Fsp3) is 0.286. The van der Waals surface area contributed by atoms with Crippen LogP contribution in [0.1, 0.15) is 23.1 Å². The minimum atomic E-state index is -0.783. The van der Waals surface area contributed by atoms with Gasteiger partial charge in [-0.1, -0.05) is 17.7 Å². The van der Waals surface area contributed by atoms with Crippen LogP contribution in [0.3, 0.4) is 0 Å². The Labute approximate surface area is 106 Å². The maximum absolute atomic E-state index is 10.5. The third-order valence-electron chi connectivity index (χ3n) is 2.86. The zero-order valence-corrected chi connectivity index (χ0v) is 10.6. The van der Waals surface area contributed by atoms with E-state index in [1.54, 1.807) is 10.9 Å². The summed E-state index contributed by atoms with van der Waals surface area (Å²) in [7, 11) is 0. The van der Waals surface area contributed by atoms with E-state index in [-0.39, 0.29) is 6.42 Å². The molecule has 18 heavy (non-hydrogen) atoms. The number of aliphatic carboxylic acids is 1. The summed E-state index contributed by atoms with van der Waals surface area (Å²) in [4.78, 5) is 10.5. The molecule has 0 radical (unpaired) electrons. The Morgan fingerprint density at radius 2 is 2.17 bits per heavy atom. The van der Waals surface area contributed by atoms with Crippen LogP contribution in [0.2, 0.25) is 0 Å². The predicted molar refractivity (Wildman–Crippen MR) is 69.0 cm³/mol. The molecule has 0 amide bonds. The van der Waals surface area contributed by atoms with Crippen molar-refractivity contribution in [3.8, 4) is 5.69 Å². The first-order valence-electron chi connectivity index (χ1n) is 5.89. The molecule has 0 aliphatic rings. The summed E-state index contributed by atoms with van der Waals surface area (Å²) >= 11 is 0. The SMILES string of the molecule is Cc1ccc(-n2cc(CCC(=O)O)cn2)c(C)c1. The predicted octanol–water partition coefficient (Wildman–Crippen LogP) is 2.51. The van der Waals surface area contributed by atoms with Gasteiger partial charge in [-0.15, -0.1) is 0 Å². The molecular formula is C14H16N2O2. The van der Waals surface area contributed by atoms with E-state index >= 15 is 0 Å². The van der Waals surface area contributed by atoms with Crippen molar-refractivity contribution in [2.24, 2.45) is 0 Å². The molecule has 0 saturated heterocycles. The number of rotatable bonds is 4. The summed E-state index contributed by atoms with van der Waals surface area (Å²) in [6.07, 6.45) is 4.27. The van der Waals surface area contributed by atoms with E-state index in [1.807, 2.05) is 25.3 Å². The Balaban J connectivity index is 2.21. The lowest BCUT2D eigenvalue weighted by Crippen LogP contribution is -1.98. The van der Waals surface area contributed by atoms with E-state index < -0.39 is 5.97 Å². The average Bonchev–Trinajstić information content (AvgIpc) is 2.75. The molecule has 1 N–H and O–H groups in total. The van der Waals surface area contributed by atoms with Crippen molar-refractivity contribution in [2.75, 3.05) is 0 Å². The number of hydrogen-bond acceptors (Lipinski definition) is 2. The molecule has 1 aromatic carbocycles. The number of carboxylic acid groups (broad SMARTS) is 1. The summed E-state index contributed by atoms with van der Waals surface area (Å²) in [6, 6.07) is 6.17. The zero-order chi connectivity index (χ0) is 13.1. The van der Waals surface area contributed by atoms with Gasteiger partial charge in [0, 0.05) is 12.6 Å². The second-order valence-electron chi connectivity index (χ2n) is 4.48. The quantitative estimate of drug-likeness (QED) is 0.899. The van der Waals surface area contributed by atoms with Gasteiger partial charge >= 0.3 is 5.97 Å². The first-order chi connectivity index (χ1) is 8.56. The molecule has 0 aliphatic carbocycles. The molecule has 4 nitrogen and oxygen atoms in total. The number of aromatic nitrogens is 2. The van der Waals surface area contributed by atoms with E-state index in [9.17, 15) is 4.79 Å². The van der Waals surface area contributed by atoms with Crippen molar-refractivity contribution in [2.45, 2.75) is 26.7 Å². The molecule has 0 saturated carbocycles. The lowest BCUT2D eigenvalue weighted by atomic mass is 10.1. The van der Waals surface area contributed by atoms with Crippen LogP contribution in [0.25, 0.3) is 5.69 Å². The van der Waals surface area contributed by atoms with Gasteiger partial charge in [-0.2, -0.15) is 5.10 Å². The Morgan fingerprint density at radius 3 is 2.83 bits per heavy atom. The van der Waals surface area contributed by atoms with Crippen molar-refractivity contribution in [3.05, 3.63) is 47.3 Å². The van der Waals surface area contributed by atoms with Gasteiger partial charge < -0.3 is 5.11 Å². The van der Waals surface area contributed by atoms with Crippen molar-refractivity contribution in [1.82, 2.24) is 9.78 Å². The molecule has 0 unspecified atom stereocenters. The van der Waals surface area contributed by atoms with Gasteiger partial charge in [-0.05, 0) is 37.5 Å². The summed E-state index contributed by atoms with van der Waals surface area (Å²) in [6.45, 7) is 4.10. The molecule has 2 aromatic rings. The number of benzene rings is 1. The molecule has 0 bridgehead atoms. The smallest absolute Gasteiger partial charge is 0.303 e. The highest BCUT2D eigenvalue weighted by Crippen LogP contribution is 2.15. The molecule has 0 aliphatic heterocycles. The normalized spacial score (nSPS) is 10.6. The van der Waals surface area contributed by atoms with Crippen LogP contribution >= 0.6 is 0 Å². The lowest BCUT2D eigenvalue weighted by molar-refractivity contribution is -0.136. The first kappa shape index (κ1) is 12.4. The molecule has 0 atom stereocenters. The average molecular weight is 244 g/mol. The third kappa shape index (κ3) is 2.77. The highest BCUT2D eigenvalue weighted by atomic mass is 16.4. The van der Waals surface area contributed by atoms with Gasteiger partial charge in [0.2, 0.25) is 0 Å². The van der Waals surface area contributed by atoms with Gasteiger partial charge in [0.05, 0.1) is 11.9 Å². The van der Waals surface area contributed by atoms with Gasteiger partial charge in [-0.25, -0.2) is 4.68 Å². The minimum absolute atomic E-state index is 0.137. The number of carbonyl (C=O) groups is 1. The number of carboxylic acids is 1. The second kappa shape index (κ2) is 5.04. The Morgan fingerprint density at radius 1 is 1.39 bits per heavy atom. The van der Waals surface area contributed by atoms with Crippen molar-refractivity contribution < 1.29 is 9.90 Å². The van der Waals surface area contributed by atoms with Crippen molar-refractivity contribution >= 4 is 5.97 Å². The molecule has 4 heteroatoms. The molecule has 0 fully saturated rings. The van der Waals surface area contributed by atoms with Crippen LogP contribution in [0.4, 0.5) is 0 Å². The largest absolute Gasteiger partial charge is 0.481 e. The molecule has 2 rings (SSSR count). The number of nitrogens with zero attached hydrogens (tertiary/aromatic N) is 2. The monoisotopic (exact) mass is 244 g/mol. The third-order valence-corrected chi connectivity index (χ3v) is 2.86. The fourth-order valence-electron chi connectivity index (χ4n) is 1.93. The van der Waals surface area contributed by atoms with Crippen molar-refractivity contribution in [1.29, 1.82) is 0 Å². The summed E-state index contributed by atoms with van der Waals surface area (Å²) < 4.78 is 1.80. The summed E-state index contributed by atoms with van der Waals surface area (Å²) in [5.74, 6) is -0.783. The van der Waals surface area contributed by atoms with Crippen LogP contribution in [0.5, 0.6) is 0 Å². The van der Waals surface area contributed by atoms with Gasteiger partial charge in [0.15, 0.2) is 0 Å². The molecular weight excluding hydrogens is 228 g/mol. The standard InChI is InChI=1S/C14H16N2O2/c1-10-3-5-13(11(2)7-10)16-9-12(8-15-16)4-6-14(17)18/h3,5,7-9H,4,6H2,1-2H3,(H,17,18). The van der Waals surface area contributed by atoms with Gasteiger partial charge in [0.25, 0.3) is 0 Å². The van der Waals surface area contributed by atoms with Crippen molar-refractivity contribution in [3.63, 3.8) is 0 Å². The first-order valence-corrected chi connectivity index (χ1v) is 5.89. The van der Waals surface area contributed by atoms with Crippen LogP contribution in [-0.4, -0.2) is 20.9 Å². The van der Waals surface area contributed by atoms with Crippen LogP contribution < -0.4 is 0 Å². The van der Waals surface area contributed by atoms with Gasteiger partial charge in [-0.3, -0.25) is 4.79 Å². The molecule has 94 valence electrons.